The van der Waals surface area contributed by atoms with Crippen LogP contribution in [0.4, 0.5) is 11.4 Å². The molecule has 2 rings (SSSR count). The fraction of sp³-hybridized carbons (Fsp3) is 0.700. The van der Waals surface area contributed by atoms with Crippen molar-refractivity contribution < 1.29 is 16.5 Å². The van der Waals surface area contributed by atoms with Crippen LogP contribution in [0, 0.1) is 23.7 Å². The fourth-order valence-electron chi connectivity index (χ4n) is 8.29. The van der Waals surface area contributed by atoms with Gasteiger partial charge < -0.3 is 0 Å². The molecule has 0 heterocycles. The van der Waals surface area contributed by atoms with Crippen molar-refractivity contribution in [2.24, 2.45) is 9.98 Å². The van der Waals surface area contributed by atoms with Gasteiger partial charge in [0.1, 0.15) is 0 Å². The molecule has 356 valence electrons. The first-order valence-corrected chi connectivity index (χ1v) is 27.0. The molecule has 0 N–H and O–H groups in total. The Kier molecular flexibility index (Phi) is 41.3. The van der Waals surface area contributed by atoms with Crippen molar-refractivity contribution in [1.82, 2.24) is 0 Å². The van der Waals surface area contributed by atoms with E-state index >= 15 is 0 Å². The monoisotopic (exact) mass is 903 g/mol. The number of hydrogen-bond donors (Lipinski definition) is 0. The summed E-state index contributed by atoms with van der Waals surface area (Å²) < 4.78 is 0. The molecule has 3 heteroatoms. The molecule has 0 radical (unpaired) electrons. The van der Waals surface area contributed by atoms with E-state index in [1.807, 2.05) is 0 Å². The van der Waals surface area contributed by atoms with Crippen molar-refractivity contribution in [2.45, 2.75) is 272 Å². The average molecular weight is 904 g/mol. The minimum absolute atomic E-state index is 0. The van der Waals surface area contributed by atoms with Gasteiger partial charge >= 0.3 is 0 Å². The van der Waals surface area contributed by atoms with Gasteiger partial charge in [-0.1, -0.05) is 244 Å². The summed E-state index contributed by atoms with van der Waals surface area (Å²) in [5.74, 6) is 13.7. The van der Waals surface area contributed by atoms with Crippen molar-refractivity contribution in [2.75, 3.05) is 0 Å². The van der Waals surface area contributed by atoms with Crippen molar-refractivity contribution in [1.29, 1.82) is 0 Å². The van der Waals surface area contributed by atoms with Crippen molar-refractivity contribution >= 4 is 22.8 Å². The van der Waals surface area contributed by atoms with Crippen LogP contribution in [0.1, 0.15) is 283 Å². The Balaban J connectivity index is 0.0000198. The van der Waals surface area contributed by atoms with E-state index in [0.717, 1.165) is 78.9 Å². The van der Waals surface area contributed by atoms with Gasteiger partial charge in [-0.05, 0) is 87.1 Å². The Morgan fingerprint density at radius 2 is 0.571 bits per heavy atom. The summed E-state index contributed by atoms with van der Waals surface area (Å²) in [5, 5.41) is 0. The van der Waals surface area contributed by atoms with Gasteiger partial charge in [0.2, 0.25) is 0 Å². The molecule has 0 aliphatic heterocycles. The van der Waals surface area contributed by atoms with Gasteiger partial charge in [-0.15, -0.1) is 0 Å². The summed E-state index contributed by atoms with van der Waals surface area (Å²) in [6, 6.07) is 17.2. The van der Waals surface area contributed by atoms with Crippen LogP contribution in [0.25, 0.3) is 0 Å². The summed E-state index contributed by atoms with van der Waals surface area (Å²) in [7, 11) is 0. The van der Waals surface area contributed by atoms with E-state index in [0.29, 0.717) is 0 Å². The van der Waals surface area contributed by atoms with Gasteiger partial charge in [0.25, 0.3) is 0 Å². The Bertz CT molecular complexity index is 1500. The maximum Gasteiger partial charge on any atom is 0.0634 e. The molecule has 63 heavy (non-hydrogen) atoms. The topological polar surface area (TPSA) is 24.7 Å². The van der Waals surface area contributed by atoms with Gasteiger partial charge in [0, 0.05) is 40.5 Å². The van der Waals surface area contributed by atoms with Crippen molar-refractivity contribution in [3.8, 4) is 23.7 Å². The zero-order valence-corrected chi connectivity index (χ0v) is 42.7. The summed E-state index contributed by atoms with van der Waals surface area (Å²) in [6.45, 7) is 9.14. The molecule has 0 saturated heterocycles. The van der Waals surface area contributed by atoms with Crippen LogP contribution in [0.15, 0.2) is 58.5 Å². The molecular weight excluding hydrogens is 807 g/mol. The largest absolute Gasteiger partial charge is 0.252 e. The molecule has 0 spiro atoms. The average Bonchev–Trinajstić information content (AvgIpc) is 3.29. The van der Waals surface area contributed by atoms with E-state index in [1.165, 1.54) is 199 Å². The van der Waals surface area contributed by atoms with Crippen LogP contribution in [-0.2, 0) is 16.5 Å². The predicted octanol–water partition coefficient (Wildman–Crippen LogP) is 20.1. The van der Waals surface area contributed by atoms with Gasteiger partial charge in [0.15, 0.2) is 0 Å². The maximum absolute atomic E-state index is 5.27. The standard InChI is InChI=1S/C60H96N2.Ni/c1-5-9-13-16-18-20-22-24-26-28-30-32-34-36-38-40-43-55-47-51-57(52-48-55)61-59(45-12-8-4)60(46-42-15-11-7-3)62-58-53-49-56(50-54-58)44-41-39-37-35-33-31-29-27-25-23-21-19-17-14-10-6-2;/h47-54H,5-39,42,45-46H2,1-4H3;. The van der Waals surface area contributed by atoms with Crippen LogP contribution in [0.5, 0.6) is 0 Å². The molecule has 0 fully saturated rings. The van der Waals surface area contributed by atoms with Crippen LogP contribution < -0.4 is 0 Å². The second kappa shape index (κ2) is 44.6. The van der Waals surface area contributed by atoms with E-state index in [1.54, 1.807) is 0 Å². The van der Waals surface area contributed by atoms with Crippen LogP contribution >= 0.6 is 0 Å². The smallest absolute Gasteiger partial charge is 0.0634 e. The molecule has 0 atom stereocenters. The normalized spacial score (nSPS) is 11.5. The third kappa shape index (κ3) is 34.4. The summed E-state index contributed by atoms with van der Waals surface area (Å²) in [4.78, 5) is 10.5. The van der Waals surface area contributed by atoms with Gasteiger partial charge in [-0.3, -0.25) is 9.98 Å². The SMILES string of the molecule is CCCCCCCCCCCCCCCCC#Cc1ccc(N=C(CCCC)C(CCCCCC)=Nc2ccc(C#CCCCCCCCCCCCCCCCC)cc2)cc1.[Ni]. The summed E-state index contributed by atoms with van der Waals surface area (Å²) in [6.07, 6.45) is 50.0. The fourth-order valence-corrected chi connectivity index (χ4v) is 8.29. The van der Waals surface area contributed by atoms with Gasteiger partial charge in [-0.25, -0.2) is 0 Å². The molecule has 0 saturated carbocycles. The number of rotatable bonds is 39. The molecular formula is C60H96N2Ni. The first kappa shape index (κ1) is 58.4. The number of benzene rings is 2. The first-order valence-electron chi connectivity index (χ1n) is 27.0. The maximum atomic E-state index is 5.27. The molecule has 0 bridgehead atoms. The first-order chi connectivity index (χ1) is 30.7. The Hall–Kier alpha value is -2.61. The Morgan fingerprint density at radius 1 is 0.317 bits per heavy atom. The minimum Gasteiger partial charge on any atom is -0.252 e. The van der Waals surface area contributed by atoms with Crippen LogP contribution in [0.2, 0.25) is 0 Å². The molecule has 0 aliphatic carbocycles. The second-order valence-electron chi connectivity index (χ2n) is 18.4. The van der Waals surface area contributed by atoms with E-state index in [4.69, 9.17) is 9.98 Å². The van der Waals surface area contributed by atoms with E-state index in [-0.39, 0.29) is 16.5 Å². The molecule has 0 unspecified atom stereocenters. The van der Waals surface area contributed by atoms with E-state index in [2.05, 4.69) is 99.9 Å². The summed E-state index contributed by atoms with van der Waals surface area (Å²) >= 11 is 0. The number of nitrogens with zero attached hydrogens (tertiary/aromatic N) is 2. The third-order valence-corrected chi connectivity index (χ3v) is 12.4. The van der Waals surface area contributed by atoms with E-state index in [9.17, 15) is 0 Å². The van der Waals surface area contributed by atoms with Crippen LogP contribution in [0.3, 0.4) is 0 Å². The molecule has 0 amide bonds. The quantitative estimate of drug-likeness (QED) is 0.0276. The molecule has 2 nitrogen and oxygen atoms in total. The summed E-state index contributed by atoms with van der Waals surface area (Å²) in [5.41, 5.74) is 6.45. The zero-order valence-electron chi connectivity index (χ0n) is 41.7. The predicted molar refractivity (Wildman–Crippen MR) is 279 cm³/mol. The van der Waals surface area contributed by atoms with Crippen molar-refractivity contribution in [3.05, 3.63) is 59.7 Å². The van der Waals surface area contributed by atoms with Crippen LogP contribution in [-0.4, -0.2) is 11.4 Å². The van der Waals surface area contributed by atoms with Gasteiger partial charge in [-0.2, -0.15) is 0 Å². The number of unbranched alkanes of at least 4 members (excludes halogenated alkanes) is 32. The number of hydrogen-bond acceptors (Lipinski definition) is 2. The van der Waals surface area contributed by atoms with Crippen molar-refractivity contribution in [3.63, 3.8) is 0 Å². The Labute approximate surface area is 402 Å². The molecule has 0 aromatic heterocycles. The second-order valence-corrected chi connectivity index (χ2v) is 18.4. The van der Waals surface area contributed by atoms with Gasteiger partial charge in [0.05, 0.1) is 22.8 Å². The third-order valence-electron chi connectivity index (χ3n) is 12.4. The van der Waals surface area contributed by atoms with E-state index < -0.39 is 0 Å². The zero-order chi connectivity index (χ0) is 44.2. The number of aliphatic imine (C=N–C) groups is 2. The molecule has 0 aliphatic rings. The minimum atomic E-state index is 0. The molecule has 2 aromatic rings. The molecule has 2 aromatic carbocycles. The Morgan fingerprint density at radius 3 is 0.873 bits per heavy atom.